The molecule has 1 N–H and O–H groups in total. The lowest BCUT2D eigenvalue weighted by Gasteiger charge is -2.21. The topological polar surface area (TPSA) is 43.8 Å². The van der Waals surface area contributed by atoms with Crippen LogP contribution in [0.4, 0.5) is 0 Å². The first kappa shape index (κ1) is 15.1. The molecule has 1 aliphatic rings. The van der Waals surface area contributed by atoms with Gasteiger partial charge in [-0.05, 0) is 19.0 Å². The van der Waals surface area contributed by atoms with E-state index < -0.39 is 0 Å². The molecular formula is C12H16Cl2N2O2S. The number of thiophene rings is 1. The first-order valence-corrected chi connectivity index (χ1v) is 7.76. The minimum atomic E-state index is -0.0565. The number of halogens is 2. The van der Waals surface area contributed by atoms with E-state index in [1.165, 1.54) is 11.3 Å². The van der Waals surface area contributed by atoms with E-state index in [9.17, 15) is 4.79 Å². The Balaban J connectivity index is 2.02. The average molecular weight is 323 g/mol. The molecule has 0 spiro atoms. The second-order valence-corrected chi connectivity index (χ2v) is 6.73. The molecule has 0 bridgehead atoms. The van der Waals surface area contributed by atoms with Crippen LogP contribution in [-0.2, 0) is 0 Å². The Kier molecular flexibility index (Phi) is 5.47. The van der Waals surface area contributed by atoms with Crippen molar-refractivity contribution in [2.75, 3.05) is 39.3 Å². The summed E-state index contributed by atoms with van der Waals surface area (Å²) in [5.41, 5.74) is 0.493. The molecule has 19 heavy (non-hydrogen) atoms. The number of aliphatic hydroxyl groups is 1. The van der Waals surface area contributed by atoms with Crippen LogP contribution in [0.3, 0.4) is 0 Å². The number of aliphatic hydroxyl groups excluding tert-OH is 1. The number of hydrogen-bond acceptors (Lipinski definition) is 4. The van der Waals surface area contributed by atoms with Crippen LogP contribution >= 0.6 is 34.5 Å². The van der Waals surface area contributed by atoms with Gasteiger partial charge in [-0.25, -0.2) is 0 Å². The normalized spacial score (nSPS) is 17.5. The zero-order valence-corrected chi connectivity index (χ0v) is 12.8. The molecule has 0 aromatic carbocycles. The smallest absolute Gasteiger partial charge is 0.256 e. The van der Waals surface area contributed by atoms with Crippen LogP contribution in [0.1, 0.15) is 16.8 Å². The molecule has 1 saturated heterocycles. The molecule has 7 heteroatoms. The Hall–Kier alpha value is -0.330. The Morgan fingerprint density at radius 3 is 2.74 bits per heavy atom. The number of β-amino-alcohol motifs (C(OH)–C–C–N with tert-alkyl or cyclic N) is 1. The molecule has 2 rings (SSSR count). The highest BCUT2D eigenvalue weighted by Gasteiger charge is 2.23. The predicted molar refractivity (Wildman–Crippen MR) is 78.4 cm³/mol. The molecule has 0 radical (unpaired) electrons. The molecule has 0 atom stereocenters. The number of nitrogens with zero attached hydrogens (tertiary/aromatic N) is 2. The molecule has 0 aliphatic carbocycles. The monoisotopic (exact) mass is 322 g/mol. The minimum absolute atomic E-state index is 0.0565. The minimum Gasteiger partial charge on any atom is -0.395 e. The van der Waals surface area contributed by atoms with Crippen LogP contribution in [-0.4, -0.2) is 60.1 Å². The van der Waals surface area contributed by atoms with Crippen molar-refractivity contribution in [2.45, 2.75) is 6.42 Å². The van der Waals surface area contributed by atoms with Crippen LogP contribution in [0, 0.1) is 0 Å². The van der Waals surface area contributed by atoms with Crippen LogP contribution in [0.5, 0.6) is 0 Å². The van der Waals surface area contributed by atoms with Crippen molar-refractivity contribution in [3.63, 3.8) is 0 Å². The number of amides is 1. The summed E-state index contributed by atoms with van der Waals surface area (Å²) >= 11 is 13.1. The van der Waals surface area contributed by atoms with E-state index in [-0.39, 0.29) is 12.5 Å². The Labute approximate surface area is 126 Å². The van der Waals surface area contributed by atoms with Gasteiger partial charge < -0.3 is 10.0 Å². The summed E-state index contributed by atoms with van der Waals surface area (Å²) in [6.07, 6.45) is 0.904. The van der Waals surface area contributed by atoms with Gasteiger partial charge >= 0.3 is 0 Å². The molecule has 1 aromatic rings. The van der Waals surface area contributed by atoms with Gasteiger partial charge in [-0.15, -0.1) is 11.3 Å². The maximum Gasteiger partial charge on any atom is 0.256 e. The number of carbonyl (C=O) groups is 1. The summed E-state index contributed by atoms with van der Waals surface area (Å²) in [6, 6.07) is 1.63. The van der Waals surface area contributed by atoms with Crippen LogP contribution in [0.2, 0.25) is 8.67 Å². The van der Waals surface area contributed by atoms with Gasteiger partial charge in [0.25, 0.3) is 5.91 Å². The summed E-state index contributed by atoms with van der Waals surface area (Å²) in [5.74, 6) is -0.0565. The zero-order valence-electron chi connectivity index (χ0n) is 10.4. The van der Waals surface area contributed by atoms with Gasteiger partial charge in [0.2, 0.25) is 0 Å². The van der Waals surface area contributed by atoms with E-state index in [1.807, 2.05) is 4.90 Å². The molecule has 1 aliphatic heterocycles. The highest BCUT2D eigenvalue weighted by Crippen LogP contribution is 2.32. The quantitative estimate of drug-likeness (QED) is 0.927. The van der Waals surface area contributed by atoms with Crippen LogP contribution < -0.4 is 0 Å². The Bertz CT molecular complexity index is 453. The summed E-state index contributed by atoms with van der Waals surface area (Å²) in [6.45, 7) is 3.87. The van der Waals surface area contributed by atoms with Crippen LogP contribution in [0.25, 0.3) is 0 Å². The third-order valence-corrected chi connectivity index (χ3v) is 4.67. The number of carbonyl (C=O) groups excluding carboxylic acids is 1. The molecule has 1 fully saturated rings. The maximum absolute atomic E-state index is 12.4. The molecule has 1 aromatic heterocycles. The second kappa shape index (κ2) is 6.90. The highest BCUT2D eigenvalue weighted by molar-refractivity contribution is 7.20. The predicted octanol–water partition coefficient (Wildman–Crippen LogP) is 2.20. The lowest BCUT2D eigenvalue weighted by atomic mass is 10.3. The van der Waals surface area contributed by atoms with Gasteiger partial charge in [0.1, 0.15) is 4.34 Å². The summed E-state index contributed by atoms with van der Waals surface area (Å²) in [4.78, 5) is 16.3. The Morgan fingerprint density at radius 2 is 2.11 bits per heavy atom. The molecule has 0 unspecified atom stereocenters. The van der Waals surface area contributed by atoms with Gasteiger partial charge in [-0.2, -0.15) is 0 Å². The van der Waals surface area contributed by atoms with Gasteiger partial charge in [-0.3, -0.25) is 9.69 Å². The second-order valence-electron chi connectivity index (χ2n) is 4.45. The third kappa shape index (κ3) is 3.83. The fourth-order valence-corrected chi connectivity index (χ4v) is 3.64. The average Bonchev–Trinajstić information content (AvgIpc) is 2.59. The van der Waals surface area contributed by atoms with Crippen molar-refractivity contribution in [3.05, 3.63) is 20.3 Å². The van der Waals surface area contributed by atoms with E-state index in [0.29, 0.717) is 33.9 Å². The first-order valence-electron chi connectivity index (χ1n) is 6.19. The van der Waals surface area contributed by atoms with Crippen molar-refractivity contribution in [1.82, 2.24) is 9.80 Å². The lowest BCUT2D eigenvalue weighted by molar-refractivity contribution is 0.0761. The van der Waals surface area contributed by atoms with E-state index in [2.05, 4.69) is 4.90 Å². The summed E-state index contributed by atoms with van der Waals surface area (Å²) < 4.78 is 0.983. The molecule has 0 saturated carbocycles. The third-order valence-electron chi connectivity index (χ3n) is 3.18. The maximum atomic E-state index is 12.4. The van der Waals surface area contributed by atoms with E-state index in [0.717, 1.165) is 19.5 Å². The molecule has 106 valence electrons. The zero-order chi connectivity index (χ0) is 13.8. The van der Waals surface area contributed by atoms with Crippen molar-refractivity contribution in [3.8, 4) is 0 Å². The largest absolute Gasteiger partial charge is 0.395 e. The number of rotatable bonds is 3. The molecular weight excluding hydrogens is 307 g/mol. The van der Waals surface area contributed by atoms with E-state index >= 15 is 0 Å². The molecule has 1 amide bonds. The van der Waals surface area contributed by atoms with E-state index in [1.54, 1.807) is 6.07 Å². The summed E-state index contributed by atoms with van der Waals surface area (Å²) in [5, 5.41) is 8.95. The fourth-order valence-electron chi connectivity index (χ4n) is 2.20. The van der Waals surface area contributed by atoms with Gasteiger partial charge in [0.05, 0.1) is 16.5 Å². The first-order chi connectivity index (χ1) is 9.11. The van der Waals surface area contributed by atoms with Crippen molar-refractivity contribution < 1.29 is 9.90 Å². The SMILES string of the molecule is O=C(c1cc(Cl)sc1Cl)N1CCCN(CCO)CC1. The lowest BCUT2D eigenvalue weighted by Crippen LogP contribution is -2.35. The molecule has 4 nitrogen and oxygen atoms in total. The fraction of sp³-hybridized carbons (Fsp3) is 0.583. The van der Waals surface area contributed by atoms with Crippen LogP contribution in [0.15, 0.2) is 6.07 Å². The number of hydrogen-bond donors (Lipinski definition) is 1. The van der Waals surface area contributed by atoms with Crippen molar-refractivity contribution in [1.29, 1.82) is 0 Å². The van der Waals surface area contributed by atoms with Gasteiger partial charge in [-0.1, -0.05) is 23.2 Å². The van der Waals surface area contributed by atoms with Crippen molar-refractivity contribution >= 4 is 40.4 Å². The molecule has 2 heterocycles. The van der Waals surface area contributed by atoms with Gasteiger partial charge in [0, 0.05) is 26.2 Å². The van der Waals surface area contributed by atoms with Gasteiger partial charge in [0.15, 0.2) is 0 Å². The van der Waals surface area contributed by atoms with Crippen molar-refractivity contribution in [2.24, 2.45) is 0 Å². The summed E-state index contributed by atoms with van der Waals surface area (Å²) in [7, 11) is 0. The highest BCUT2D eigenvalue weighted by atomic mass is 35.5. The standard InChI is InChI=1S/C12H16Cl2N2O2S/c13-10-8-9(11(14)19-10)12(18)16-3-1-2-15(4-5-16)6-7-17/h8,17H,1-7H2. The Morgan fingerprint density at radius 1 is 1.32 bits per heavy atom. The van der Waals surface area contributed by atoms with E-state index in [4.69, 9.17) is 28.3 Å².